The summed E-state index contributed by atoms with van der Waals surface area (Å²) < 4.78 is 11.2. The number of aliphatic hydroxyl groups is 5. The highest BCUT2D eigenvalue weighted by Gasteiger charge is 2.44. The zero-order valence-electron chi connectivity index (χ0n) is 47.2. The highest BCUT2D eigenvalue weighted by Crippen LogP contribution is 2.23. The second-order valence-corrected chi connectivity index (χ2v) is 20.0. The molecule has 1 rings (SSSR count). The minimum absolute atomic E-state index is 0.201. The van der Waals surface area contributed by atoms with Gasteiger partial charge < -0.3 is 40.3 Å². The first-order valence-electron chi connectivity index (χ1n) is 29.9. The Balaban J connectivity index is 2.21. The van der Waals surface area contributed by atoms with Gasteiger partial charge in [-0.3, -0.25) is 4.79 Å². The largest absolute Gasteiger partial charge is 0.394 e. The van der Waals surface area contributed by atoms with Gasteiger partial charge in [-0.1, -0.05) is 237 Å². The van der Waals surface area contributed by atoms with E-state index < -0.39 is 49.5 Å². The minimum Gasteiger partial charge on any atom is -0.394 e. The first kappa shape index (κ1) is 69.3. The van der Waals surface area contributed by atoms with Gasteiger partial charge in [0.1, 0.15) is 24.4 Å². The van der Waals surface area contributed by atoms with Crippen LogP contribution in [0.3, 0.4) is 0 Å². The van der Waals surface area contributed by atoms with Crippen LogP contribution in [0.4, 0.5) is 0 Å². The van der Waals surface area contributed by atoms with Crippen molar-refractivity contribution in [2.45, 2.75) is 262 Å². The Kier molecular flexibility index (Phi) is 49.7. The highest BCUT2D eigenvalue weighted by atomic mass is 16.7. The standard InChI is InChI=1S/C66H109NO8/c1-3-5-7-9-11-13-15-17-19-21-22-23-24-25-26-27-28-29-30-31-32-33-34-35-36-37-38-40-42-44-46-48-50-52-54-56-62(70)67-59(58-74-66-65(73)64(72)63(71)61(57-68)75-66)60(69)55-53-51-49-47-45-43-41-39-20-18-16-14-12-10-8-6-4-2/h5,7,11,13,17,19-20,22-23,25-26,28-29,31-32,34-35,39,45,47,53,55,59-61,63-66,68-69,71-73H,3-4,6,8-10,12,14-16,18,21,24,27,30,33,36-38,40-44,46,48-52,54,56-58H2,1-2H3,(H,67,70)/b7-5-,13-11-,19-17-,23-22-,26-25-,29-28-,32-31-,35-34-,39-20+,47-45+,55-53+. The monoisotopic (exact) mass is 1040 g/mol. The average molecular weight is 1040 g/mol. The number of hydrogen-bond donors (Lipinski definition) is 6. The molecule has 1 aliphatic rings. The fourth-order valence-corrected chi connectivity index (χ4v) is 8.50. The Morgan fingerprint density at radius 1 is 0.467 bits per heavy atom. The molecule has 0 aliphatic carbocycles. The third-order valence-corrected chi connectivity index (χ3v) is 13.2. The van der Waals surface area contributed by atoms with Crippen molar-refractivity contribution in [2.75, 3.05) is 13.2 Å². The third-order valence-electron chi connectivity index (χ3n) is 13.2. The lowest BCUT2D eigenvalue weighted by atomic mass is 9.99. The maximum Gasteiger partial charge on any atom is 0.220 e. The molecule has 6 N–H and O–H groups in total. The van der Waals surface area contributed by atoms with Gasteiger partial charge in [-0.2, -0.15) is 0 Å². The molecule has 0 aromatic carbocycles. The van der Waals surface area contributed by atoms with Crippen LogP contribution in [0.15, 0.2) is 134 Å². The topological polar surface area (TPSA) is 149 Å². The zero-order valence-corrected chi connectivity index (χ0v) is 47.2. The maximum atomic E-state index is 13.1. The maximum absolute atomic E-state index is 13.1. The van der Waals surface area contributed by atoms with E-state index in [4.69, 9.17) is 9.47 Å². The zero-order chi connectivity index (χ0) is 54.3. The summed E-state index contributed by atoms with van der Waals surface area (Å²) in [4.78, 5) is 13.1. The van der Waals surface area contributed by atoms with Crippen LogP contribution in [0.1, 0.15) is 219 Å². The smallest absolute Gasteiger partial charge is 0.220 e. The molecule has 9 nitrogen and oxygen atoms in total. The molecule has 426 valence electrons. The number of rotatable bonds is 49. The Morgan fingerprint density at radius 2 is 0.840 bits per heavy atom. The summed E-state index contributed by atoms with van der Waals surface area (Å²) in [5, 5.41) is 54.5. The van der Waals surface area contributed by atoms with Crippen molar-refractivity contribution < 1.29 is 39.8 Å². The van der Waals surface area contributed by atoms with Crippen LogP contribution in [-0.4, -0.2) is 87.5 Å². The summed E-state index contributed by atoms with van der Waals surface area (Å²) >= 11 is 0. The number of ether oxygens (including phenoxy) is 2. The van der Waals surface area contributed by atoms with Crippen molar-refractivity contribution in [3.05, 3.63) is 134 Å². The summed E-state index contributed by atoms with van der Waals surface area (Å²) in [7, 11) is 0. The van der Waals surface area contributed by atoms with Gasteiger partial charge in [0.15, 0.2) is 6.29 Å². The van der Waals surface area contributed by atoms with E-state index >= 15 is 0 Å². The molecule has 0 radical (unpaired) electrons. The lowest BCUT2D eigenvalue weighted by Crippen LogP contribution is -2.60. The Morgan fingerprint density at radius 3 is 1.28 bits per heavy atom. The van der Waals surface area contributed by atoms with Crippen LogP contribution >= 0.6 is 0 Å². The molecular formula is C66H109NO8. The summed E-state index contributed by atoms with van der Waals surface area (Å²) in [6.45, 7) is 3.62. The molecule has 0 spiro atoms. The predicted octanol–water partition coefficient (Wildman–Crippen LogP) is 15.3. The highest BCUT2D eigenvalue weighted by molar-refractivity contribution is 5.76. The van der Waals surface area contributed by atoms with E-state index in [0.717, 1.165) is 116 Å². The molecule has 1 heterocycles. The van der Waals surface area contributed by atoms with Gasteiger partial charge in [0.25, 0.3) is 0 Å². The molecule has 75 heavy (non-hydrogen) atoms. The van der Waals surface area contributed by atoms with Crippen molar-refractivity contribution in [1.29, 1.82) is 0 Å². The van der Waals surface area contributed by atoms with Crippen LogP contribution in [0.5, 0.6) is 0 Å². The van der Waals surface area contributed by atoms with Gasteiger partial charge in [0, 0.05) is 6.42 Å². The van der Waals surface area contributed by atoms with E-state index in [-0.39, 0.29) is 12.5 Å². The number of unbranched alkanes of at least 4 members (excludes halogenated alkanes) is 19. The number of nitrogens with one attached hydrogen (secondary N) is 1. The van der Waals surface area contributed by atoms with Gasteiger partial charge in [-0.25, -0.2) is 0 Å². The SMILES string of the molecule is CC/C=C\C/C=C\C/C=C\C/C=C\C/C=C\C/C=C\C/C=C\C/C=C\CCCCCCCCCCCCC(=O)NC(COC1OC(CO)C(O)C(O)C1O)C(O)/C=C/CC/C=C/CC/C=C/CCCCCCCCC. The molecule has 7 atom stereocenters. The number of carbonyl (C=O) groups is 1. The first-order valence-corrected chi connectivity index (χ1v) is 29.9. The van der Waals surface area contributed by atoms with E-state index in [2.05, 4.69) is 141 Å². The molecular weight excluding hydrogens is 935 g/mol. The van der Waals surface area contributed by atoms with E-state index in [9.17, 15) is 30.3 Å². The fraction of sp³-hybridized carbons (Fsp3) is 0.652. The van der Waals surface area contributed by atoms with Gasteiger partial charge >= 0.3 is 0 Å². The fourth-order valence-electron chi connectivity index (χ4n) is 8.50. The number of aliphatic hydroxyl groups excluding tert-OH is 5. The van der Waals surface area contributed by atoms with E-state index in [1.807, 2.05) is 6.08 Å². The molecule has 0 bridgehead atoms. The predicted molar refractivity (Wildman–Crippen MR) is 317 cm³/mol. The van der Waals surface area contributed by atoms with Gasteiger partial charge in [-0.05, 0) is 109 Å². The summed E-state index contributed by atoms with van der Waals surface area (Å²) in [6.07, 6.45) is 75.1. The van der Waals surface area contributed by atoms with Crippen molar-refractivity contribution in [2.24, 2.45) is 0 Å². The summed E-state index contributed by atoms with van der Waals surface area (Å²) in [5.41, 5.74) is 0. The number of amides is 1. The van der Waals surface area contributed by atoms with Gasteiger partial charge in [0.2, 0.25) is 5.91 Å². The molecule has 1 fully saturated rings. The molecule has 0 aromatic rings. The van der Waals surface area contributed by atoms with E-state index in [1.54, 1.807) is 6.08 Å². The minimum atomic E-state index is -1.58. The lowest BCUT2D eigenvalue weighted by Gasteiger charge is -2.40. The van der Waals surface area contributed by atoms with Gasteiger partial charge in [0.05, 0.1) is 25.4 Å². The Hall–Kier alpha value is -3.67. The first-order chi connectivity index (χ1) is 36.8. The second-order valence-electron chi connectivity index (χ2n) is 20.0. The Labute approximate surface area is 458 Å². The average Bonchev–Trinajstić information content (AvgIpc) is 3.41. The van der Waals surface area contributed by atoms with Crippen molar-refractivity contribution in [3.63, 3.8) is 0 Å². The van der Waals surface area contributed by atoms with Crippen LogP contribution in [0.2, 0.25) is 0 Å². The third kappa shape index (κ3) is 43.1. The number of allylic oxidation sites excluding steroid dienone is 21. The summed E-state index contributed by atoms with van der Waals surface area (Å²) in [5.74, 6) is -0.201. The molecule has 0 aromatic heterocycles. The van der Waals surface area contributed by atoms with Crippen molar-refractivity contribution >= 4 is 5.91 Å². The lowest BCUT2D eigenvalue weighted by molar-refractivity contribution is -0.302. The molecule has 1 aliphatic heterocycles. The Bertz CT molecular complexity index is 1640. The number of hydrogen-bond acceptors (Lipinski definition) is 8. The van der Waals surface area contributed by atoms with Crippen LogP contribution in [0, 0.1) is 0 Å². The van der Waals surface area contributed by atoms with Gasteiger partial charge in [-0.15, -0.1) is 0 Å². The summed E-state index contributed by atoms with van der Waals surface area (Å²) in [6, 6.07) is -0.840. The molecule has 0 saturated carbocycles. The second kappa shape index (κ2) is 53.7. The van der Waals surface area contributed by atoms with Crippen LogP contribution in [0.25, 0.3) is 0 Å². The molecule has 1 saturated heterocycles. The molecule has 7 unspecified atom stereocenters. The quantitative estimate of drug-likeness (QED) is 0.0261. The van der Waals surface area contributed by atoms with Crippen LogP contribution < -0.4 is 5.32 Å². The van der Waals surface area contributed by atoms with E-state index in [0.29, 0.717) is 6.42 Å². The molecule has 9 heteroatoms. The van der Waals surface area contributed by atoms with Crippen molar-refractivity contribution in [1.82, 2.24) is 5.32 Å². The van der Waals surface area contributed by atoms with Crippen LogP contribution in [-0.2, 0) is 14.3 Å². The van der Waals surface area contributed by atoms with Crippen molar-refractivity contribution in [3.8, 4) is 0 Å². The normalized spacial score (nSPS) is 19.9. The van der Waals surface area contributed by atoms with E-state index in [1.165, 1.54) is 83.5 Å². The molecule has 1 amide bonds. The number of carbonyl (C=O) groups excluding carboxylic acids is 1.